The number of allylic oxidation sites excluding steroid dienone is 1. The Kier molecular flexibility index (Phi) is 4.48. The average Bonchev–Trinajstić information content (AvgIpc) is 2.91. The lowest BCUT2D eigenvalue weighted by atomic mass is 10.1. The van der Waals surface area contributed by atoms with Gasteiger partial charge >= 0.3 is 0 Å². The second-order valence-corrected chi connectivity index (χ2v) is 7.77. The molecule has 1 aliphatic rings. The minimum atomic E-state index is -2.98. The van der Waals surface area contributed by atoms with Crippen LogP contribution < -0.4 is 5.73 Å². The van der Waals surface area contributed by atoms with E-state index in [4.69, 9.17) is 5.73 Å². The lowest BCUT2D eigenvalue weighted by molar-refractivity contribution is -0.115. The van der Waals surface area contributed by atoms with Gasteiger partial charge in [-0.3, -0.25) is 4.79 Å². The number of nitrogens with zero attached hydrogens (tertiary/aromatic N) is 3. The molecule has 0 unspecified atom stereocenters. The summed E-state index contributed by atoms with van der Waals surface area (Å²) in [5.74, 6) is 0.449. The van der Waals surface area contributed by atoms with Gasteiger partial charge in [-0.15, -0.1) is 16.8 Å². The van der Waals surface area contributed by atoms with E-state index in [2.05, 4.69) is 16.8 Å². The van der Waals surface area contributed by atoms with Crippen molar-refractivity contribution in [2.24, 2.45) is 5.73 Å². The van der Waals surface area contributed by atoms with E-state index in [0.29, 0.717) is 23.9 Å². The minimum absolute atomic E-state index is 0.1000. The monoisotopic (exact) mass is 316 g/mol. The summed E-state index contributed by atoms with van der Waals surface area (Å²) >= 11 is 1.19. The van der Waals surface area contributed by atoms with Gasteiger partial charge in [-0.2, -0.15) is 0 Å². The third-order valence-electron chi connectivity index (χ3n) is 3.00. The van der Waals surface area contributed by atoms with E-state index in [1.54, 1.807) is 10.6 Å². The van der Waals surface area contributed by atoms with Crippen molar-refractivity contribution in [1.29, 1.82) is 0 Å². The molecule has 1 aromatic heterocycles. The zero-order valence-electron chi connectivity index (χ0n) is 10.9. The summed E-state index contributed by atoms with van der Waals surface area (Å²) < 4.78 is 24.9. The van der Waals surface area contributed by atoms with E-state index in [9.17, 15) is 13.2 Å². The number of rotatable bonds is 6. The highest BCUT2D eigenvalue weighted by Gasteiger charge is 2.33. The summed E-state index contributed by atoms with van der Waals surface area (Å²) in [7, 11) is -2.98. The van der Waals surface area contributed by atoms with Crippen LogP contribution in [0.2, 0.25) is 0 Å². The highest BCUT2D eigenvalue weighted by Crippen LogP contribution is 2.30. The summed E-state index contributed by atoms with van der Waals surface area (Å²) in [6, 6.07) is 0. The fourth-order valence-electron chi connectivity index (χ4n) is 2.14. The van der Waals surface area contributed by atoms with E-state index in [-0.39, 0.29) is 23.2 Å². The molecule has 1 aliphatic heterocycles. The quantitative estimate of drug-likeness (QED) is 0.582. The first-order valence-corrected chi connectivity index (χ1v) is 8.89. The smallest absolute Gasteiger partial charge is 0.227 e. The zero-order valence-corrected chi connectivity index (χ0v) is 12.5. The van der Waals surface area contributed by atoms with Crippen molar-refractivity contribution >= 4 is 27.5 Å². The second-order valence-electron chi connectivity index (χ2n) is 4.60. The van der Waals surface area contributed by atoms with E-state index in [1.807, 2.05) is 0 Å². The summed E-state index contributed by atoms with van der Waals surface area (Å²) in [6.07, 6.45) is 2.24. The van der Waals surface area contributed by atoms with E-state index < -0.39 is 15.7 Å². The molecule has 1 amide bonds. The van der Waals surface area contributed by atoms with E-state index >= 15 is 0 Å². The van der Waals surface area contributed by atoms with Gasteiger partial charge in [-0.25, -0.2) is 8.42 Å². The summed E-state index contributed by atoms with van der Waals surface area (Å²) in [4.78, 5) is 10.8. The van der Waals surface area contributed by atoms with Gasteiger partial charge < -0.3 is 10.3 Å². The van der Waals surface area contributed by atoms with Gasteiger partial charge in [0.15, 0.2) is 15.0 Å². The maximum atomic E-state index is 11.6. The lowest BCUT2D eigenvalue weighted by Crippen LogP contribution is -2.14. The molecule has 1 saturated heterocycles. The Labute approximate surface area is 121 Å². The molecule has 2 rings (SSSR count). The van der Waals surface area contributed by atoms with Crippen molar-refractivity contribution in [3.05, 3.63) is 18.5 Å². The maximum absolute atomic E-state index is 11.6. The van der Waals surface area contributed by atoms with Crippen LogP contribution in [0.3, 0.4) is 0 Å². The first kappa shape index (κ1) is 15.0. The van der Waals surface area contributed by atoms with Gasteiger partial charge in [-0.1, -0.05) is 17.8 Å². The number of primary amides is 1. The maximum Gasteiger partial charge on any atom is 0.227 e. The molecule has 2 N–H and O–H groups in total. The predicted octanol–water partition coefficient (Wildman–Crippen LogP) is -0.0564. The molecule has 20 heavy (non-hydrogen) atoms. The fraction of sp³-hybridized carbons (Fsp3) is 0.545. The lowest BCUT2D eigenvalue weighted by Gasteiger charge is -2.10. The SMILES string of the molecule is C=CCn1c(SCC(N)=O)nnc1[C@@H]1CCS(=O)(=O)C1. The van der Waals surface area contributed by atoms with Crippen LogP contribution in [-0.2, 0) is 21.2 Å². The molecule has 0 radical (unpaired) electrons. The standard InChI is InChI=1S/C11H16N4O3S2/c1-2-4-15-10(8-3-5-20(17,18)7-8)13-14-11(15)19-6-9(12)16/h2,8H,1,3-7H2,(H2,12,16)/t8-/m1/s1. The first-order valence-electron chi connectivity index (χ1n) is 6.08. The fourth-order valence-corrected chi connectivity index (χ4v) is 4.58. The van der Waals surface area contributed by atoms with Crippen molar-refractivity contribution in [2.45, 2.75) is 24.0 Å². The van der Waals surface area contributed by atoms with Crippen LogP contribution in [0, 0.1) is 0 Å². The summed E-state index contributed by atoms with van der Waals surface area (Å²) in [6.45, 7) is 4.14. The average molecular weight is 316 g/mol. The van der Waals surface area contributed by atoms with Crippen molar-refractivity contribution in [1.82, 2.24) is 14.8 Å². The van der Waals surface area contributed by atoms with Gasteiger partial charge in [0, 0.05) is 12.5 Å². The number of aromatic nitrogens is 3. The zero-order chi connectivity index (χ0) is 14.8. The molecule has 0 bridgehead atoms. The molecule has 1 atom stereocenters. The van der Waals surface area contributed by atoms with Gasteiger partial charge in [0.1, 0.15) is 5.82 Å². The Morgan fingerprint density at radius 2 is 2.30 bits per heavy atom. The predicted molar refractivity (Wildman–Crippen MR) is 76.1 cm³/mol. The first-order chi connectivity index (χ1) is 9.43. The molecule has 1 aromatic rings. The number of hydrogen-bond acceptors (Lipinski definition) is 6. The van der Waals surface area contributed by atoms with Crippen LogP contribution in [0.4, 0.5) is 0 Å². The molecular weight excluding hydrogens is 300 g/mol. The molecular formula is C11H16N4O3S2. The van der Waals surface area contributed by atoms with Gasteiger partial charge in [-0.05, 0) is 6.42 Å². The van der Waals surface area contributed by atoms with E-state index in [0.717, 1.165) is 0 Å². The van der Waals surface area contributed by atoms with Crippen LogP contribution in [0.25, 0.3) is 0 Å². The van der Waals surface area contributed by atoms with Crippen LogP contribution in [-0.4, -0.2) is 46.3 Å². The van der Waals surface area contributed by atoms with Crippen LogP contribution in [0.5, 0.6) is 0 Å². The van der Waals surface area contributed by atoms with Crippen LogP contribution in [0.1, 0.15) is 18.2 Å². The number of hydrogen-bond donors (Lipinski definition) is 1. The molecule has 110 valence electrons. The topological polar surface area (TPSA) is 108 Å². The Morgan fingerprint density at radius 3 is 2.85 bits per heavy atom. The second kappa shape index (κ2) is 5.96. The third kappa shape index (κ3) is 3.40. The molecule has 0 aliphatic carbocycles. The van der Waals surface area contributed by atoms with E-state index in [1.165, 1.54) is 11.8 Å². The number of sulfone groups is 1. The van der Waals surface area contributed by atoms with Crippen molar-refractivity contribution < 1.29 is 13.2 Å². The Balaban J connectivity index is 2.24. The van der Waals surface area contributed by atoms with Crippen LogP contribution in [0.15, 0.2) is 17.8 Å². The molecule has 0 spiro atoms. The minimum Gasteiger partial charge on any atom is -0.369 e. The van der Waals surface area contributed by atoms with Gasteiger partial charge in [0.05, 0.1) is 17.3 Å². The Bertz CT molecular complexity index is 624. The van der Waals surface area contributed by atoms with Crippen molar-refractivity contribution in [3.8, 4) is 0 Å². The summed E-state index contributed by atoms with van der Waals surface area (Å²) in [5, 5.41) is 8.67. The number of thioether (sulfide) groups is 1. The number of nitrogens with two attached hydrogens (primary N) is 1. The molecule has 7 nitrogen and oxygen atoms in total. The Morgan fingerprint density at radius 1 is 1.55 bits per heavy atom. The van der Waals surface area contributed by atoms with Crippen molar-refractivity contribution in [3.63, 3.8) is 0 Å². The van der Waals surface area contributed by atoms with Gasteiger partial charge in [0.2, 0.25) is 5.91 Å². The Hall–Kier alpha value is -1.35. The molecule has 0 saturated carbocycles. The third-order valence-corrected chi connectivity index (χ3v) is 5.76. The molecule has 1 fully saturated rings. The molecule has 2 heterocycles. The van der Waals surface area contributed by atoms with Crippen molar-refractivity contribution in [2.75, 3.05) is 17.3 Å². The van der Waals surface area contributed by atoms with Gasteiger partial charge in [0.25, 0.3) is 0 Å². The molecule has 9 heteroatoms. The number of carbonyl (C=O) groups is 1. The number of amides is 1. The molecule has 0 aromatic carbocycles. The normalized spacial score (nSPS) is 20.9. The summed E-state index contributed by atoms with van der Waals surface area (Å²) in [5.41, 5.74) is 5.11. The highest BCUT2D eigenvalue weighted by molar-refractivity contribution is 7.99. The largest absolute Gasteiger partial charge is 0.369 e. The highest BCUT2D eigenvalue weighted by atomic mass is 32.2. The van der Waals surface area contributed by atoms with Crippen LogP contribution >= 0.6 is 11.8 Å². The number of carbonyl (C=O) groups excluding carboxylic acids is 1.